The second-order valence-electron chi connectivity index (χ2n) is 4.75. The zero-order chi connectivity index (χ0) is 15.1. The highest BCUT2D eigenvalue weighted by Crippen LogP contribution is 2.16. The van der Waals surface area contributed by atoms with Gasteiger partial charge in [0.1, 0.15) is 5.82 Å². The maximum atomic E-state index is 12.9. The Morgan fingerprint density at radius 2 is 1.85 bits per heavy atom. The number of carbonyl (C=O) groups excluding carboxylic acids is 2. The summed E-state index contributed by atoms with van der Waals surface area (Å²) in [5.41, 5.74) is 0.743. The highest BCUT2D eigenvalue weighted by Gasteiger charge is 2.17. The summed E-state index contributed by atoms with van der Waals surface area (Å²) >= 11 is 0. The number of ether oxygens (including phenoxy) is 1. The van der Waals surface area contributed by atoms with Crippen LogP contribution in [0.4, 0.5) is 4.39 Å². The van der Waals surface area contributed by atoms with Crippen LogP contribution in [-0.4, -0.2) is 18.4 Å². The molecule has 0 saturated carbocycles. The summed E-state index contributed by atoms with van der Waals surface area (Å²) < 4.78 is 17.7. The first-order valence-electron chi connectivity index (χ1n) is 6.60. The van der Waals surface area contributed by atoms with E-state index in [4.69, 9.17) is 4.74 Å². The minimum atomic E-state index is -0.435. The number of Topliss-reactive ketones (excluding diaryl/α,β-unsaturated/α-hetero) is 1. The van der Waals surface area contributed by atoms with Crippen molar-refractivity contribution in [3.63, 3.8) is 0 Å². The molecule has 0 amide bonds. The number of halogens is 1. The van der Waals surface area contributed by atoms with Crippen molar-refractivity contribution in [2.75, 3.05) is 6.61 Å². The summed E-state index contributed by atoms with van der Waals surface area (Å²) in [6.07, 6.45) is 1.67. The average Bonchev–Trinajstić information content (AvgIpc) is 2.38. The van der Waals surface area contributed by atoms with Crippen molar-refractivity contribution in [3.05, 3.63) is 47.3 Å². The summed E-state index contributed by atoms with van der Waals surface area (Å²) in [6, 6.07) is 5.28. The van der Waals surface area contributed by atoms with E-state index in [2.05, 4.69) is 0 Å². The number of rotatable bonds is 6. The molecule has 1 aromatic rings. The van der Waals surface area contributed by atoms with Gasteiger partial charge in [-0.15, -0.1) is 0 Å². The lowest BCUT2D eigenvalue weighted by Crippen LogP contribution is -2.12. The second kappa shape index (κ2) is 7.58. The van der Waals surface area contributed by atoms with Crippen LogP contribution in [0.15, 0.2) is 35.9 Å². The lowest BCUT2D eigenvalue weighted by Gasteiger charge is -2.08. The SMILES string of the molecule is CCOC(=O)C/C(=C/C(C)C)C(=O)c1ccc(F)cc1. The lowest BCUT2D eigenvalue weighted by molar-refractivity contribution is -0.142. The van der Waals surface area contributed by atoms with E-state index in [1.54, 1.807) is 13.0 Å². The number of esters is 1. The molecule has 108 valence electrons. The van der Waals surface area contributed by atoms with E-state index in [-0.39, 0.29) is 24.7 Å². The molecule has 0 heterocycles. The van der Waals surface area contributed by atoms with Gasteiger partial charge >= 0.3 is 5.97 Å². The minimum Gasteiger partial charge on any atom is -0.466 e. The molecule has 3 nitrogen and oxygen atoms in total. The first-order valence-corrected chi connectivity index (χ1v) is 6.60. The van der Waals surface area contributed by atoms with Gasteiger partial charge < -0.3 is 4.74 Å². The topological polar surface area (TPSA) is 43.4 Å². The van der Waals surface area contributed by atoms with Crippen LogP contribution in [0.1, 0.15) is 37.6 Å². The van der Waals surface area contributed by atoms with E-state index in [1.165, 1.54) is 24.3 Å². The largest absolute Gasteiger partial charge is 0.466 e. The molecule has 0 aliphatic carbocycles. The number of ketones is 1. The van der Waals surface area contributed by atoms with Crippen molar-refractivity contribution in [3.8, 4) is 0 Å². The number of allylic oxidation sites excluding steroid dienone is 1. The van der Waals surface area contributed by atoms with E-state index in [9.17, 15) is 14.0 Å². The number of carbonyl (C=O) groups is 2. The molecule has 4 heteroatoms. The fourth-order valence-corrected chi connectivity index (χ4v) is 1.77. The van der Waals surface area contributed by atoms with Gasteiger partial charge in [0.25, 0.3) is 0 Å². The monoisotopic (exact) mass is 278 g/mol. The Balaban J connectivity index is 2.96. The molecule has 1 aromatic carbocycles. The predicted molar refractivity (Wildman–Crippen MR) is 74.9 cm³/mol. The highest BCUT2D eigenvalue weighted by atomic mass is 19.1. The molecule has 0 saturated heterocycles. The van der Waals surface area contributed by atoms with Gasteiger partial charge in [0.05, 0.1) is 13.0 Å². The fourth-order valence-electron chi connectivity index (χ4n) is 1.77. The van der Waals surface area contributed by atoms with Crippen LogP contribution in [0.5, 0.6) is 0 Å². The zero-order valence-corrected chi connectivity index (χ0v) is 12.0. The minimum absolute atomic E-state index is 0.0672. The van der Waals surface area contributed by atoms with E-state index in [0.29, 0.717) is 11.1 Å². The Bertz CT molecular complexity index is 501. The van der Waals surface area contributed by atoms with Crippen LogP contribution in [0, 0.1) is 11.7 Å². The van der Waals surface area contributed by atoms with Gasteiger partial charge in [-0.1, -0.05) is 19.9 Å². The van der Waals surface area contributed by atoms with Crippen molar-refractivity contribution in [1.82, 2.24) is 0 Å². The van der Waals surface area contributed by atoms with Crippen LogP contribution >= 0.6 is 0 Å². The molecule has 1 rings (SSSR count). The molecule has 0 fully saturated rings. The van der Waals surface area contributed by atoms with Gasteiger partial charge in [0, 0.05) is 11.1 Å². The lowest BCUT2D eigenvalue weighted by atomic mass is 9.97. The maximum absolute atomic E-state index is 12.9. The Hall–Kier alpha value is -1.97. The number of hydrogen-bond acceptors (Lipinski definition) is 3. The van der Waals surface area contributed by atoms with Crippen molar-refractivity contribution in [2.45, 2.75) is 27.2 Å². The number of hydrogen-bond donors (Lipinski definition) is 0. The molecule has 0 aliphatic rings. The molecular formula is C16H19FO3. The molecule has 0 aromatic heterocycles. The Labute approximate surface area is 118 Å². The predicted octanol–water partition coefficient (Wildman–Crippen LogP) is 3.54. The van der Waals surface area contributed by atoms with Gasteiger partial charge in [-0.2, -0.15) is 0 Å². The smallest absolute Gasteiger partial charge is 0.310 e. The van der Waals surface area contributed by atoms with Crippen LogP contribution in [0.3, 0.4) is 0 Å². The van der Waals surface area contributed by atoms with E-state index in [0.717, 1.165) is 0 Å². The molecule has 0 aliphatic heterocycles. The first-order chi connectivity index (χ1) is 9.43. The van der Waals surface area contributed by atoms with Crippen molar-refractivity contribution >= 4 is 11.8 Å². The highest BCUT2D eigenvalue weighted by molar-refractivity contribution is 6.10. The van der Waals surface area contributed by atoms with Gasteiger partial charge in [-0.25, -0.2) is 4.39 Å². The Morgan fingerprint density at radius 3 is 2.35 bits per heavy atom. The average molecular weight is 278 g/mol. The third-order valence-corrected chi connectivity index (χ3v) is 2.57. The summed E-state index contributed by atoms with van der Waals surface area (Å²) in [6.45, 7) is 5.83. The van der Waals surface area contributed by atoms with Crippen LogP contribution in [0.2, 0.25) is 0 Å². The molecule has 0 radical (unpaired) electrons. The standard InChI is InChI=1S/C16H19FO3/c1-4-20-15(18)10-13(9-11(2)3)16(19)12-5-7-14(17)8-6-12/h5-9,11H,4,10H2,1-3H3/b13-9-. The quantitative estimate of drug-likeness (QED) is 0.454. The molecule has 20 heavy (non-hydrogen) atoms. The van der Waals surface area contributed by atoms with Crippen LogP contribution in [0.25, 0.3) is 0 Å². The molecular weight excluding hydrogens is 259 g/mol. The summed E-state index contributed by atoms with van der Waals surface area (Å²) in [5.74, 6) is -0.980. The van der Waals surface area contributed by atoms with Gasteiger partial charge in [0.2, 0.25) is 0 Å². The molecule has 0 atom stereocenters. The second-order valence-corrected chi connectivity index (χ2v) is 4.75. The van der Waals surface area contributed by atoms with Gasteiger partial charge in [-0.05, 0) is 37.1 Å². The summed E-state index contributed by atoms with van der Waals surface area (Å²) in [7, 11) is 0. The third kappa shape index (κ3) is 4.96. The molecule has 0 bridgehead atoms. The van der Waals surface area contributed by atoms with E-state index < -0.39 is 11.8 Å². The van der Waals surface area contributed by atoms with E-state index in [1.807, 2.05) is 13.8 Å². The van der Waals surface area contributed by atoms with Crippen molar-refractivity contribution in [2.24, 2.45) is 5.92 Å². The summed E-state index contributed by atoms with van der Waals surface area (Å²) in [5, 5.41) is 0. The van der Waals surface area contributed by atoms with Gasteiger partial charge in [-0.3, -0.25) is 9.59 Å². The van der Waals surface area contributed by atoms with E-state index >= 15 is 0 Å². The zero-order valence-electron chi connectivity index (χ0n) is 12.0. The first kappa shape index (κ1) is 16.1. The molecule has 0 N–H and O–H groups in total. The normalized spacial score (nSPS) is 11.6. The third-order valence-electron chi connectivity index (χ3n) is 2.57. The molecule has 0 unspecified atom stereocenters. The maximum Gasteiger partial charge on any atom is 0.310 e. The Kier molecular flexibility index (Phi) is 6.10. The van der Waals surface area contributed by atoms with Crippen LogP contribution in [-0.2, 0) is 9.53 Å². The van der Waals surface area contributed by atoms with Crippen molar-refractivity contribution in [1.29, 1.82) is 0 Å². The van der Waals surface area contributed by atoms with Crippen molar-refractivity contribution < 1.29 is 18.7 Å². The number of benzene rings is 1. The Morgan fingerprint density at radius 1 is 1.25 bits per heavy atom. The molecule has 0 spiro atoms. The fraction of sp³-hybridized carbons (Fsp3) is 0.375. The summed E-state index contributed by atoms with van der Waals surface area (Å²) in [4.78, 5) is 23.9. The van der Waals surface area contributed by atoms with Gasteiger partial charge in [0.15, 0.2) is 5.78 Å². The van der Waals surface area contributed by atoms with Crippen LogP contribution < -0.4 is 0 Å².